The van der Waals surface area contributed by atoms with Crippen molar-refractivity contribution in [1.82, 2.24) is 19.2 Å². The lowest BCUT2D eigenvalue weighted by Crippen LogP contribution is -2.26. The maximum Gasteiger partial charge on any atom is 0.282 e. The van der Waals surface area contributed by atoms with Gasteiger partial charge in [0.05, 0.1) is 17.4 Å². The van der Waals surface area contributed by atoms with E-state index in [2.05, 4.69) is 51.6 Å². The van der Waals surface area contributed by atoms with Gasteiger partial charge in [-0.25, -0.2) is 9.08 Å². The average Bonchev–Trinajstić information content (AvgIpc) is 2.95. The number of rotatable bonds is 4. The summed E-state index contributed by atoms with van der Waals surface area (Å²) >= 11 is 0. The molecule has 0 N–H and O–H groups in total. The zero-order chi connectivity index (χ0) is 21.2. The molecule has 5 rings (SSSR count). The highest BCUT2D eigenvalue weighted by Crippen LogP contribution is 2.24. The maximum absolute atomic E-state index is 12.8. The summed E-state index contributed by atoms with van der Waals surface area (Å²) in [5, 5.41) is 5.60. The molecular weight excluding hydrogens is 386 g/mol. The summed E-state index contributed by atoms with van der Waals surface area (Å²) in [6, 6.07) is 16.1. The lowest BCUT2D eigenvalue weighted by molar-refractivity contribution is 0.697. The summed E-state index contributed by atoms with van der Waals surface area (Å²) in [6.45, 7) is 4.56. The van der Waals surface area contributed by atoms with Gasteiger partial charge in [0.25, 0.3) is 5.56 Å². The summed E-state index contributed by atoms with van der Waals surface area (Å²) in [6.07, 6.45) is 8.97. The van der Waals surface area contributed by atoms with Gasteiger partial charge in [-0.3, -0.25) is 4.79 Å². The van der Waals surface area contributed by atoms with Crippen LogP contribution < -0.4 is 10.5 Å². The monoisotopic (exact) mass is 413 g/mol. The third kappa shape index (κ3) is 3.85. The molecule has 2 aromatic carbocycles. The van der Waals surface area contributed by atoms with Crippen molar-refractivity contribution in [3.63, 3.8) is 0 Å². The summed E-state index contributed by atoms with van der Waals surface area (Å²) in [7, 11) is 0. The van der Waals surface area contributed by atoms with Crippen molar-refractivity contribution in [2.24, 2.45) is 0 Å². The fraction of sp³-hybridized carbons (Fsp3) is 0.320. The predicted octanol–water partition coefficient (Wildman–Crippen LogP) is 4.45. The highest BCUT2D eigenvalue weighted by atomic mass is 16.1. The molecule has 6 nitrogen and oxygen atoms in total. The van der Waals surface area contributed by atoms with Gasteiger partial charge in [-0.05, 0) is 43.0 Å². The van der Waals surface area contributed by atoms with E-state index in [0.29, 0.717) is 17.7 Å². The van der Waals surface area contributed by atoms with Crippen molar-refractivity contribution in [3.05, 3.63) is 76.1 Å². The first-order chi connectivity index (χ1) is 15.2. The number of aryl methyl sites for hydroxylation is 1. The molecule has 4 aromatic rings. The largest absolute Gasteiger partial charge is 0.341 e. The van der Waals surface area contributed by atoms with Gasteiger partial charge in [-0.15, -0.1) is 5.10 Å². The van der Waals surface area contributed by atoms with E-state index in [1.165, 1.54) is 12.8 Å². The Kier molecular flexibility index (Phi) is 5.28. The third-order valence-electron chi connectivity index (χ3n) is 5.94. The normalized spacial score (nSPS) is 15.2. The van der Waals surface area contributed by atoms with Gasteiger partial charge in [0, 0.05) is 13.1 Å². The Morgan fingerprint density at radius 2 is 1.77 bits per heavy atom. The number of aromatic nitrogens is 4. The molecule has 0 unspecified atom stereocenters. The second-order valence-electron chi connectivity index (χ2n) is 8.27. The average molecular weight is 414 g/mol. The summed E-state index contributed by atoms with van der Waals surface area (Å²) in [4.78, 5) is 19.6. The fourth-order valence-corrected chi connectivity index (χ4v) is 4.33. The molecule has 0 saturated carbocycles. The Balaban J connectivity index is 1.66. The van der Waals surface area contributed by atoms with Gasteiger partial charge in [0.2, 0.25) is 11.7 Å². The molecule has 6 heteroatoms. The van der Waals surface area contributed by atoms with E-state index in [1.54, 1.807) is 0 Å². The van der Waals surface area contributed by atoms with E-state index >= 15 is 0 Å². The first-order valence-corrected chi connectivity index (χ1v) is 11.1. The lowest BCUT2D eigenvalue weighted by Gasteiger charge is -2.20. The maximum atomic E-state index is 12.8. The molecule has 1 saturated heterocycles. The minimum atomic E-state index is -0.203. The van der Waals surface area contributed by atoms with Crippen molar-refractivity contribution >= 4 is 28.7 Å². The minimum Gasteiger partial charge on any atom is -0.341 e. The molecule has 0 atom stereocenters. The number of benzene rings is 2. The van der Waals surface area contributed by atoms with Crippen molar-refractivity contribution in [2.45, 2.75) is 39.2 Å². The molecule has 31 heavy (non-hydrogen) atoms. The van der Waals surface area contributed by atoms with Crippen LogP contribution in [-0.4, -0.2) is 32.3 Å². The van der Waals surface area contributed by atoms with Crippen LogP contribution in [0.2, 0.25) is 0 Å². The SMILES string of the molecule is Cc1ccc2c(=O)nc3n(CC=Cc4ccccc4)nc(N4CCCCCC4)n3c2c1. The van der Waals surface area contributed by atoms with Gasteiger partial charge in [-0.2, -0.15) is 4.98 Å². The van der Waals surface area contributed by atoms with Crippen LogP contribution >= 0.6 is 0 Å². The van der Waals surface area contributed by atoms with E-state index < -0.39 is 0 Å². The Labute approximate surface area is 181 Å². The Morgan fingerprint density at radius 1 is 1.00 bits per heavy atom. The molecule has 0 amide bonds. The molecule has 158 valence electrons. The van der Waals surface area contributed by atoms with E-state index in [1.807, 2.05) is 35.0 Å². The third-order valence-corrected chi connectivity index (χ3v) is 5.94. The van der Waals surface area contributed by atoms with Crippen molar-refractivity contribution in [2.75, 3.05) is 18.0 Å². The van der Waals surface area contributed by atoms with Crippen molar-refractivity contribution < 1.29 is 0 Å². The molecule has 1 aliphatic rings. The van der Waals surface area contributed by atoms with Gasteiger partial charge in [0.1, 0.15) is 0 Å². The molecule has 0 radical (unpaired) electrons. The van der Waals surface area contributed by atoms with Crippen LogP contribution in [0.25, 0.3) is 22.8 Å². The second-order valence-corrected chi connectivity index (χ2v) is 8.27. The fourth-order valence-electron chi connectivity index (χ4n) is 4.33. The van der Waals surface area contributed by atoms with Gasteiger partial charge < -0.3 is 4.90 Å². The zero-order valence-electron chi connectivity index (χ0n) is 17.9. The van der Waals surface area contributed by atoms with Crippen molar-refractivity contribution in [3.8, 4) is 0 Å². The standard InChI is InChI=1S/C25H27N5O/c1-19-13-14-21-22(18-19)30-24(26-23(21)31)29(17-9-12-20-10-5-4-6-11-20)27-25(30)28-15-7-2-3-8-16-28/h4-6,9-14,18H,2-3,7-8,15-17H2,1H3. The molecule has 2 aromatic heterocycles. The van der Waals surface area contributed by atoms with Gasteiger partial charge in [0.15, 0.2) is 0 Å². The molecule has 1 aliphatic heterocycles. The molecule has 3 heterocycles. The van der Waals surface area contributed by atoms with Gasteiger partial charge in [-0.1, -0.05) is 61.4 Å². The van der Waals surface area contributed by atoms with Crippen LogP contribution in [-0.2, 0) is 6.54 Å². The Hall–Kier alpha value is -3.41. The smallest absolute Gasteiger partial charge is 0.282 e. The lowest BCUT2D eigenvalue weighted by atomic mass is 10.2. The number of hydrogen-bond donors (Lipinski definition) is 0. The number of nitrogens with zero attached hydrogens (tertiary/aromatic N) is 5. The Bertz CT molecular complexity index is 1290. The summed E-state index contributed by atoms with van der Waals surface area (Å²) in [5.74, 6) is 1.48. The molecule has 0 aliphatic carbocycles. The quantitative estimate of drug-likeness (QED) is 0.496. The predicted molar refractivity (Wildman–Crippen MR) is 126 cm³/mol. The van der Waals surface area contributed by atoms with E-state index in [9.17, 15) is 4.79 Å². The van der Waals surface area contributed by atoms with Gasteiger partial charge >= 0.3 is 0 Å². The van der Waals surface area contributed by atoms with Crippen LogP contribution in [0.1, 0.15) is 36.8 Å². The first-order valence-electron chi connectivity index (χ1n) is 11.1. The zero-order valence-corrected chi connectivity index (χ0v) is 17.9. The highest BCUT2D eigenvalue weighted by Gasteiger charge is 2.21. The number of allylic oxidation sites excluding steroid dienone is 1. The first kappa shape index (κ1) is 19.5. The molecular formula is C25H27N5O. The van der Waals surface area contributed by atoms with Crippen LogP contribution in [0, 0.1) is 6.92 Å². The molecule has 0 bridgehead atoms. The number of anilines is 1. The van der Waals surface area contributed by atoms with E-state index in [4.69, 9.17) is 5.10 Å². The second kappa shape index (κ2) is 8.38. The van der Waals surface area contributed by atoms with Crippen LogP contribution in [0.15, 0.2) is 59.4 Å². The van der Waals surface area contributed by atoms with E-state index in [0.717, 1.165) is 48.5 Å². The van der Waals surface area contributed by atoms with E-state index in [-0.39, 0.29) is 5.56 Å². The van der Waals surface area contributed by atoms with Crippen LogP contribution in [0.5, 0.6) is 0 Å². The summed E-state index contributed by atoms with van der Waals surface area (Å²) < 4.78 is 3.92. The van der Waals surface area contributed by atoms with Crippen LogP contribution in [0.3, 0.4) is 0 Å². The summed E-state index contributed by atoms with van der Waals surface area (Å²) in [5.41, 5.74) is 2.93. The molecule has 1 fully saturated rings. The molecule has 0 spiro atoms. The highest BCUT2D eigenvalue weighted by molar-refractivity contribution is 5.82. The van der Waals surface area contributed by atoms with Crippen LogP contribution in [0.4, 0.5) is 5.95 Å². The number of fused-ring (bicyclic) bond motifs is 3. The number of hydrogen-bond acceptors (Lipinski definition) is 4. The minimum absolute atomic E-state index is 0.203. The Morgan fingerprint density at radius 3 is 2.55 bits per heavy atom. The topological polar surface area (TPSA) is 55.4 Å². The van der Waals surface area contributed by atoms with Crippen molar-refractivity contribution in [1.29, 1.82) is 0 Å².